The molecule has 0 amide bonds. The van der Waals surface area contributed by atoms with Gasteiger partial charge < -0.3 is 10.2 Å². The van der Waals surface area contributed by atoms with Crippen LogP contribution in [-0.4, -0.2) is 40.8 Å². The highest BCUT2D eigenvalue weighted by Crippen LogP contribution is 2.08. The van der Waals surface area contributed by atoms with Crippen LogP contribution in [0.3, 0.4) is 0 Å². The zero-order chi connectivity index (χ0) is 10.1. The van der Waals surface area contributed by atoms with Crippen LogP contribution < -0.4 is 5.32 Å². The van der Waals surface area contributed by atoms with E-state index in [0.29, 0.717) is 0 Å². The van der Waals surface area contributed by atoms with Crippen molar-refractivity contribution in [3.8, 4) is 0 Å². The highest BCUT2D eigenvalue weighted by atomic mass is 15.4. The minimum atomic E-state index is 0.859. The first-order valence-corrected chi connectivity index (χ1v) is 4.70. The Morgan fingerprint density at radius 3 is 2.71 bits per heavy atom. The van der Waals surface area contributed by atoms with Crippen LogP contribution in [-0.2, 0) is 7.05 Å². The standard InChI is InChI=1S/C9H15N5/c1-7-6-8(12-14(7)3)11-9-10-4-5-13(9)2/h6H,4-5H2,1-3H3,(H,10,11,12). The van der Waals surface area contributed by atoms with Crippen molar-refractivity contribution in [2.45, 2.75) is 6.92 Å². The van der Waals surface area contributed by atoms with Crippen molar-refractivity contribution in [1.29, 1.82) is 0 Å². The number of hydrogen-bond acceptors (Lipinski definition) is 4. The number of aryl methyl sites for hydroxylation is 2. The molecule has 1 N–H and O–H groups in total. The van der Waals surface area contributed by atoms with E-state index >= 15 is 0 Å². The average Bonchev–Trinajstić information content (AvgIpc) is 2.63. The van der Waals surface area contributed by atoms with Crippen LogP contribution in [0.4, 0.5) is 5.82 Å². The van der Waals surface area contributed by atoms with E-state index in [2.05, 4.69) is 20.3 Å². The van der Waals surface area contributed by atoms with Crippen molar-refractivity contribution in [2.75, 3.05) is 25.5 Å². The summed E-state index contributed by atoms with van der Waals surface area (Å²) in [6, 6.07) is 2.01. The molecular formula is C9H15N5. The Kier molecular flexibility index (Phi) is 2.15. The van der Waals surface area contributed by atoms with Crippen molar-refractivity contribution in [2.24, 2.45) is 12.0 Å². The molecule has 0 saturated carbocycles. The molecule has 2 heterocycles. The minimum absolute atomic E-state index is 0.859. The van der Waals surface area contributed by atoms with Gasteiger partial charge in [-0.3, -0.25) is 9.67 Å². The van der Waals surface area contributed by atoms with Gasteiger partial charge in [0.05, 0.1) is 6.54 Å². The Morgan fingerprint density at radius 2 is 2.21 bits per heavy atom. The molecule has 1 aromatic heterocycles. The zero-order valence-corrected chi connectivity index (χ0v) is 8.78. The molecule has 5 heteroatoms. The van der Waals surface area contributed by atoms with E-state index in [1.165, 1.54) is 0 Å². The number of likely N-dealkylation sites (N-methyl/N-ethyl adjacent to an activating group) is 1. The average molecular weight is 193 g/mol. The maximum Gasteiger partial charge on any atom is 0.199 e. The van der Waals surface area contributed by atoms with E-state index < -0.39 is 0 Å². The number of aromatic nitrogens is 2. The molecule has 0 aliphatic carbocycles. The van der Waals surface area contributed by atoms with E-state index in [1.54, 1.807) is 0 Å². The van der Waals surface area contributed by atoms with Crippen LogP contribution in [0.25, 0.3) is 0 Å². The molecule has 5 nitrogen and oxygen atoms in total. The van der Waals surface area contributed by atoms with Crippen LogP contribution in [0.2, 0.25) is 0 Å². The zero-order valence-electron chi connectivity index (χ0n) is 8.78. The normalized spacial score (nSPS) is 15.9. The van der Waals surface area contributed by atoms with Crippen molar-refractivity contribution >= 4 is 11.8 Å². The fourth-order valence-corrected chi connectivity index (χ4v) is 1.40. The molecule has 0 spiro atoms. The second-order valence-electron chi connectivity index (χ2n) is 3.55. The van der Waals surface area contributed by atoms with E-state index in [1.807, 2.05) is 31.8 Å². The molecule has 0 saturated heterocycles. The second-order valence-corrected chi connectivity index (χ2v) is 3.55. The maximum atomic E-state index is 4.33. The summed E-state index contributed by atoms with van der Waals surface area (Å²) >= 11 is 0. The molecule has 0 bridgehead atoms. The number of nitrogens with zero attached hydrogens (tertiary/aromatic N) is 4. The Hall–Kier alpha value is -1.52. The lowest BCUT2D eigenvalue weighted by atomic mass is 10.4. The number of nitrogens with one attached hydrogen (secondary N) is 1. The first kappa shape index (κ1) is 9.05. The lowest BCUT2D eigenvalue weighted by molar-refractivity contribution is 0.554. The summed E-state index contributed by atoms with van der Waals surface area (Å²) in [5, 5.41) is 7.50. The molecule has 0 radical (unpaired) electrons. The van der Waals surface area contributed by atoms with Crippen LogP contribution in [0.15, 0.2) is 11.1 Å². The van der Waals surface area contributed by atoms with Gasteiger partial charge in [0.1, 0.15) is 0 Å². The van der Waals surface area contributed by atoms with Crippen LogP contribution in [0.5, 0.6) is 0 Å². The van der Waals surface area contributed by atoms with Crippen LogP contribution in [0.1, 0.15) is 5.69 Å². The quantitative estimate of drug-likeness (QED) is 0.704. The van der Waals surface area contributed by atoms with Gasteiger partial charge in [-0.15, -0.1) is 0 Å². The summed E-state index contributed by atoms with van der Waals surface area (Å²) in [6.45, 7) is 3.87. The van der Waals surface area contributed by atoms with Gasteiger partial charge >= 0.3 is 0 Å². The summed E-state index contributed by atoms with van der Waals surface area (Å²) < 4.78 is 1.85. The summed E-state index contributed by atoms with van der Waals surface area (Å²) in [5.41, 5.74) is 1.13. The number of hydrogen-bond donors (Lipinski definition) is 1. The topological polar surface area (TPSA) is 45.5 Å². The van der Waals surface area contributed by atoms with Gasteiger partial charge in [-0.25, -0.2) is 0 Å². The predicted octanol–water partition coefficient (Wildman–Crippen LogP) is 0.442. The van der Waals surface area contributed by atoms with Gasteiger partial charge in [0.2, 0.25) is 0 Å². The predicted molar refractivity (Wildman–Crippen MR) is 56.5 cm³/mol. The lowest BCUT2D eigenvalue weighted by Crippen LogP contribution is -2.29. The van der Waals surface area contributed by atoms with E-state index in [9.17, 15) is 0 Å². The molecule has 1 aliphatic heterocycles. The summed E-state index contributed by atoms with van der Waals surface area (Å²) in [4.78, 5) is 6.42. The van der Waals surface area contributed by atoms with Crippen molar-refractivity contribution in [3.63, 3.8) is 0 Å². The lowest BCUT2D eigenvalue weighted by Gasteiger charge is -2.13. The van der Waals surface area contributed by atoms with Gasteiger partial charge in [0.15, 0.2) is 11.8 Å². The van der Waals surface area contributed by atoms with E-state index in [0.717, 1.165) is 30.6 Å². The van der Waals surface area contributed by atoms with Gasteiger partial charge in [0.25, 0.3) is 0 Å². The van der Waals surface area contributed by atoms with Gasteiger partial charge in [0, 0.05) is 32.4 Å². The first-order valence-electron chi connectivity index (χ1n) is 4.70. The minimum Gasteiger partial charge on any atom is -0.344 e. The Balaban J connectivity index is 2.11. The fraction of sp³-hybridized carbons (Fsp3) is 0.556. The summed E-state index contributed by atoms with van der Waals surface area (Å²) in [6.07, 6.45) is 0. The molecule has 14 heavy (non-hydrogen) atoms. The van der Waals surface area contributed by atoms with Crippen LogP contribution in [0, 0.1) is 6.92 Å². The van der Waals surface area contributed by atoms with Crippen LogP contribution >= 0.6 is 0 Å². The Labute approximate surface area is 83.4 Å². The smallest absolute Gasteiger partial charge is 0.199 e. The third kappa shape index (κ3) is 1.57. The highest BCUT2D eigenvalue weighted by Gasteiger charge is 2.13. The molecule has 0 fully saturated rings. The highest BCUT2D eigenvalue weighted by molar-refractivity contribution is 5.93. The number of anilines is 1. The maximum absolute atomic E-state index is 4.33. The number of guanidine groups is 1. The third-order valence-corrected chi connectivity index (χ3v) is 2.41. The second kappa shape index (κ2) is 3.32. The van der Waals surface area contributed by atoms with Crippen molar-refractivity contribution < 1.29 is 0 Å². The van der Waals surface area contributed by atoms with Crippen molar-refractivity contribution in [3.05, 3.63) is 11.8 Å². The van der Waals surface area contributed by atoms with E-state index in [4.69, 9.17) is 0 Å². The summed E-state index contributed by atoms with van der Waals surface area (Å²) in [7, 11) is 3.95. The monoisotopic (exact) mass is 193 g/mol. The van der Waals surface area contributed by atoms with Gasteiger partial charge in [-0.1, -0.05) is 0 Å². The van der Waals surface area contributed by atoms with Crippen molar-refractivity contribution in [1.82, 2.24) is 14.7 Å². The molecule has 76 valence electrons. The van der Waals surface area contributed by atoms with E-state index in [-0.39, 0.29) is 0 Å². The van der Waals surface area contributed by atoms with Gasteiger partial charge in [-0.2, -0.15) is 5.10 Å². The molecule has 0 unspecified atom stereocenters. The molecule has 2 rings (SSSR count). The third-order valence-electron chi connectivity index (χ3n) is 2.41. The molecular weight excluding hydrogens is 178 g/mol. The number of rotatable bonds is 1. The molecule has 0 atom stereocenters. The summed E-state index contributed by atoms with van der Waals surface area (Å²) in [5.74, 6) is 1.76. The molecule has 1 aliphatic rings. The Bertz CT molecular complexity index is 346. The van der Waals surface area contributed by atoms with Gasteiger partial charge in [-0.05, 0) is 6.92 Å². The largest absolute Gasteiger partial charge is 0.344 e. The molecule has 0 aromatic carbocycles. The Morgan fingerprint density at radius 1 is 1.43 bits per heavy atom. The first-order chi connectivity index (χ1) is 6.66. The molecule has 1 aromatic rings. The number of aliphatic imine (C=N–C) groups is 1. The fourth-order valence-electron chi connectivity index (χ4n) is 1.40. The SMILES string of the molecule is Cc1cc(NC2=NCCN2C)nn1C.